The van der Waals surface area contributed by atoms with Crippen molar-refractivity contribution in [2.45, 2.75) is 0 Å². The molecule has 4 N–H and O–H groups in total. The predicted molar refractivity (Wildman–Crippen MR) is 40.8 cm³/mol. The lowest BCUT2D eigenvalue weighted by Gasteiger charge is -2.01. The summed E-state index contributed by atoms with van der Waals surface area (Å²) in [6.07, 6.45) is 0.939. The van der Waals surface area contributed by atoms with Crippen LogP contribution >= 0.6 is 0 Å². The number of phenolic OH excluding ortho intramolecular Hbond substituents is 3. The van der Waals surface area contributed by atoms with Crippen LogP contribution < -0.4 is 0 Å². The second-order valence-electron chi connectivity index (χ2n) is 2.12. The standard InChI is InChI=1S/C7H7NO4/c9-5-2-1-4(3-8-12)6(10)7(5)11/h1-3,9-12H. The summed E-state index contributed by atoms with van der Waals surface area (Å²) >= 11 is 0. The van der Waals surface area contributed by atoms with Gasteiger partial charge in [0.1, 0.15) is 0 Å². The van der Waals surface area contributed by atoms with Crippen LogP contribution in [-0.4, -0.2) is 26.7 Å². The van der Waals surface area contributed by atoms with Gasteiger partial charge < -0.3 is 20.5 Å². The summed E-state index contributed by atoms with van der Waals surface area (Å²) in [6, 6.07) is 2.47. The molecule has 0 fully saturated rings. The van der Waals surface area contributed by atoms with Crippen molar-refractivity contribution in [2.75, 3.05) is 0 Å². The van der Waals surface area contributed by atoms with Crippen LogP contribution in [0.4, 0.5) is 0 Å². The topological polar surface area (TPSA) is 93.3 Å². The predicted octanol–water partition coefficient (Wildman–Crippen LogP) is 0.611. The first-order valence-corrected chi connectivity index (χ1v) is 3.08. The highest BCUT2D eigenvalue weighted by Gasteiger charge is 2.08. The van der Waals surface area contributed by atoms with Crippen LogP contribution in [0.1, 0.15) is 5.56 Å². The highest BCUT2D eigenvalue weighted by atomic mass is 16.4. The lowest BCUT2D eigenvalue weighted by atomic mass is 10.2. The number of hydrogen-bond acceptors (Lipinski definition) is 5. The van der Waals surface area contributed by atoms with Crippen molar-refractivity contribution < 1.29 is 20.5 Å². The van der Waals surface area contributed by atoms with Crippen LogP contribution in [0.25, 0.3) is 0 Å². The van der Waals surface area contributed by atoms with Crippen molar-refractivity contribution in [3.63, 3.8) is 0 Å². The lowest BCUT2D eigenvalue weighted by Crippen LogP contribution is -1.82. The van der Waals surface area contributed by atoms with E-state index in [1.165, 1.54) is 12.1 Å². The Bertz CT molecular complexity index is 321. The molecule has 0 atom stereocenters. The molecule has 64 valence electrons. The van der Waals surface area contributed by atoms with Gasteiger partial charge in [-0.15, -0.1) is 0 Å². The van der Waals surface area contributed by atoms with Crippen LogP contribution in [0.5, 0.6) is 17.2 Å². The van der Waals surface area contributed by atoms with Gasteiger partial charge in [0.05, 0.1) is 6.21 Å². The Morgan fingerprint density at radius 3 is 2.33 bits per heavy atom. The van der Waals surface area contributed by atoms with Gasteiger partial charge in [-0.05, 0) is 12.1 Å². The molecule has 0 bridgehead atoms. The molecule has 5 heteroatoms. The normalized spacial score (nSPS) is 10.7. The molecule has 0 heterocycles. The van der Waals surface area contributed by atoms with Crippen LogP contribution in [0.15, 0.2) is 17.3 Å². The van der Waals surface area contributed by atoms with E-state index < -0.39 is 17.2 Å². The molecule has 0 aliphatic heterocycles. The van der Waals surface area contributed by atoms with Crippen molar-refractivity contribution in [1.82, 2.24) is 0 Å². The number of rotatable bonds is 1. The number of hydrogen-bond donors (Lipinski definition) is 4. The average Bonchev–Trinajstić information content (AvgIpc) is 2.07. The first-order chi connectivity index (χ1) is 5.66. The minimum atomic E-state index is -0.632. The molecule has 0 unspecified atom stereocenters. The highest BCUT2D eigenvalue weighted by Crippen LogP contribution is 2.35. The fraction of sp³-hybridized carbons (Fsp3) is 0. The molecule has 0 spiro atoms. The second-order valence-corrected chi connectivity index (χ2v) is 2.12. The molecule has 1 rings (SSSR count). The van der Waals surface area contributed by atoms with E-state index in [0.29, 0.717) is 0 Å². The molecule has 0 aliphatic carbocycles. The zero-order valence-electron chi connectivity index (χ0n) is 5.97. The highest BCUT2D eigenvalue weighted by molar-refractivity contribution is 5.85. The minimum absolute atomic E-state index is 0.118. The number of aromatic hydroxyl groups is 3. The summed E-state index contributed by atoms with van der Waals surface area (Å²) < 4.78 is 0. The van der Waals surface area contributed by atoms with E-state index in [2.05, 4.69) is 5.16 Å². The zero-order valence-corrected chi connectivity index (χ0v) is 5.97. The molecule has 0 saturated heterocycles. The van der Waals surface area contributed by atoms with Crippen molar-refractivity contribution in [1.29, 1.82) is 0 Å². The van der Waals surface area contributed by atoms with E-state index in [1.54, 1.807) is 0 Å². The third-order valence-corrected chi connectivity index (χ3v) is 1.36. The van der Waals surface area contributed by atoms with Crippen LogP contribution in [0, 0.1) is 0 Å². The third kappa shape index (κ3) is 1.24. The monoisotopic (exact) mass is 169 g/mol. The second kappa shape index (κ2) is 3.00. The van der Waals surface area contributed by atoms with E-state index in [1.807, 2.05) is 0 Å². The van der Waals surface area contributed by atoms with Crippen LogP contribution in [0.2, 0.25) is 0 Å². The quantitative estimate of drug-likeness (QED) is 0.214. The lowest BCUT2D eigenvalue weighted by molar-refractivity contribution is 0.321. The van der Waals surface area contributed by atoms with E-state index >= 15 is 0 Å². The first-order valence-electron chi connectivity index (χ1n) is 3.08. The van der Waals surface area contributed by atoms with Crippen LogP contribution in [0.3, 0.4) is 0 Å². The Morgan fingerprint density at radius 1 is 1.08 bits per heavy atom. The first kappa shape index (κ1) is 8.19. The smallest absolute Gasteiger partial charge is 0.200 e. The molecule has 5 nitrogen and oxygen atoms in total. The molecule has 0 radical (unpaired) electrons. The maximum atomic E-state index is 9.10. The SMILES string of the molecule is ON=Cc1ccc(O)c(O)c1O. The summed E-state index contributed by atoms with van der Waals surface area (Å²) in [5, 5.41) is 37.7. The van der Waals surface area contributed by atoms with E-state index in [-0.39, 0.29) is 5.56 Å². The average molecular weight is 169 g/mol. The van der Waals surface area contributed by atoms with E-state index in [0.717, 1.165) is 6.21 Å². The van der Waals surface area contributed by atoms with Crippen molar-refractivity contribution in [2.24, 2.45) is 5.16 Å². The Balaban J connectivity index is 3.26. The summed E-state index contributed by atoms with van der Waals surface area (Å²) in [5.74, 6) is -1.58. The largest absolute Gasteiger partial charge is 0.504 e. The maximum Gasteiger partial charge on any atom is 0.200 e. The fourth-order valence-corrected chi connectivity index (χ4v) is 0.751. The molecule has 1 aromatic rings. The summed E-state index contributed by atoms with van der Waals surface area (Å²) in [5.41, 5.74) is 0.118. The van der Waals surface area contributed by atoms with Gasteiger partial charge >= 0.3 is 0 Å². The van der Waals surface area contributed by atoms with Gasteiger partial charge in [0, 0.05) is 5.56 Å². The third-order valence-electron chi connectivity index (χ3n) is 1.36. The molecule has 0 aromatic heterocycles. The molecule has 0 aliphatic rings. The zero-order chi connectivity index (χ0) is 9.14. The van der Waals surface area contributed by atoms with Gasteiger partial charge in [0.25, 0.3) is 0 Å². The van der Waals surface area contributed by atoms with Crippen molar-refractivity contribution in [3.8, 4) is 17.2 Å². The van der Waals surface area contributed by atoms with Crippen molar-refractivity contribution in [3.05, 3.63) is 17.7 Å². The molecular weight excluding hydrogens is 162 g/mol. The van der Waals surface area contributed by atoms with Gasteiger partial charge in [-0.1, -0.05) is 5.16 Å². The van der Waals surface area contributed by atoms with Crippen LogP contribution in [-0.2, 0) is 0 Å². The van der Waals surface area contributed by atoms with Gasteiger partial charge in [0.15, 0.2) is 11.5 Å². The Hall–Kier alpha value is -1.91. The molecule has 0 saturated carbocycles. The fourth-order valence-electron chi connectivity index (χ4n) is 0.751. The Kier molecular flexibility index (Phi) is 2.05. The number of oxime groups is 1. The Morgan fingerprint density at radius 2 is 1.75 bits per heavy atom. The number of nitrogens with zero attached hydrogens (tertiary/aromatic N) is 1. The van der Waals surface area contributed by atoms with Crippen molar-refractivity contribution >= 4 is 6.21 Å². The molecular formula is C7H7NO4. The molecule has 0 amide bonds. The van der Waals surface area contributed by atoms with E-state index in [4.69, 9.17) is 20.5 Å². The molecule has 1 aromatic carbocycles. The number of phenols is 3. The maximum absolute atomic E-state index is 9.10. The number of benzene rings is 1. The van der Waals surface area contributed by atoms with Gasteiger partial charge in [-0.2, -0.15) is 0 Å². The summed E-state index contributed by atoms with van der Waals surface area (Å²) in [7, 11) is 0. The summed E-state index contributed by atoms with van der Waals surface area (Å²) in [4.78, 5) is 0. The van der Waals surface area contributed by atoms with Gasteiger partial charge in [0.2, 0.25) is 5.75 Å². The minimum Gasteiger partial charge on any atom is -0.504 e. The Labute approximate surface area is 67.8 Å². The molecule has 12 heavy (non-hydrogen) atoms. The van der Waals surface area contributed by atoms with Gasteiger partial charge in [-0.3, -0.25) is 0 Å². The van der Waals surface area contributed by atoms with E-state index in [9.17, 15) is 0 Å². The summed E-state index contributed by atoms with van der Waals surface area (Å²) in [6.45, 7) is 0. The van der Waals surface area contributed by atoms with Gasteiger partial charge in [-0.25, -0.2) is 0 Å².